The van der Waals surface area contributed by atoms with Gasteiger partial charge >= 0.3 is 0 Å². The van der Waals surface area contributed by atoms with E-state index in [-0.39, 0.29) is 24.0 Å². The quantitative estimate of drug-likeness (QED) is 0.212. The lowest BCUT2D eigenvalue weighted by Gasteiger charge is -2.26. The second-order valence-corrected chi connectivity index (χ2v) is 8.39. The summed E-state index contributed by atoms with van der Waals surface area (Å²) in [6, 6.07) is 6.38. The van der Waals surface area contributed by atoms with Crippen LogP contribution in [0.5, 0.6) is 0 Å². The lowest BCUT2D eigenvalue weighted by atomic mass is 10.3. The van der Waals surface area contributed by atoms with Gasteiger partial charge in [0.15, 0.2) is 11.8 Å². The van der Waals surface area contributed by atoms with Crippen LogP contribution in [0.2, 0.25) is 0 Å². The van der Waals surface area contributed by atoms with E-state index >= 15 is 0 Å². The Labute approximate surface area is 213 Å². The molecule has 0 radical (unpaired) electrons. The highest BCUT2D eigenvalue weighted by atomic mass is 127. The molecule has 11 heteroatoms. The van der Waals surface area contributed by atoms with Crippen molar-refractivity contribution in [2.45, 2.75) is 32.4 Å². The zero-order valence-corrected chi connectivity index (χ0v) is 21.9. The van der Waals surface area contributed by atoms with Crippen molar-refractivity contribution in [3.63, 3.8) is 0 Å². The van der Waals surface area contributed by atoms with E-state index in [1.54, 1.807) is 0 Å². The zero-order valence-electron chi connectivity index (χ0n) is 19.6. The molecular formula is C22H36IN9O. The minimum absolute atomic E-state index is 0. The van der Waals surface area contributed by atoms with Crippen LogP contribution < -0.4 is 15.5 Å². The van der Waals surface area contributed by atoms with Crippen molar-refractivity contribution in [2.75, 3.05) is 57.4 Å². The monoisotopic (exact) mass is 569 g/mol. The summed E-state index contributed by atoms with van der Waals surface area (Å²) in [5, 5.41) is 15.5. The van der Waals surface area contributed by atoms with E-state index in [4.69, 9.17) is 9.73 Å². The standard InChI is InChI=1S/C22H35N9O.HI/c1-18-27-28-21(29(18)2)16-25-22(24-9-5-10-30-12-14-32-15-13-30)26-19-7-11-31(17-19)20-6-3-4-8-23-20;/h3-4,6,8,19H,5,7,9-17H2,1-2H3,(H2,24,25,26);1H. The maximum Gasteiger partial charge on any atom is 0.191 e. The Morgan fingerprint density at radius 1 is 1.21 bits per heavy atom. The van der Waals surface area contributed by atoms with E-state index in [9.17, 15) is 0 Å². The molecule has 182 valence electrons. The lowest BCUT2D eigenvalue weighted by Crippen LogP contribution is -2.45. The Morgan fingerprint density at radius 2 is 2.06 bits per heavy atom. The molecule has 2 N–H and O–H groups in total. The normalized spacial score (nSPS) is 19.4. The maximum atomic E-state index is 5.44. The molecule has 33 heavy (non-hydrogen) atoms. The molecule has 0 bridgehead atoms. The minimum Gasteiger partial charge on any atom is -0.379 e. The van der Waals surface area contributed by atoms with Gasteiger partial charge in [-0.15, -0.1) is 34.2 Å². The number of halogens is 1. The van der Waals surface area contributed by atoms with E-state index in [1.807, 2.05) is 36.9 Å². The lowest BCUT2D eigenvalue weighted by molar-refractivity contribution is 0.0376. The van der Waals surface area contributed by atoms with Crippen LogP contribution in [0.1, 0.15) is 24.5 Å². The molecule has 2 aromatic heterocycles. The second-order valence-electron chi connectivity index (χ2n) is 8.39. The van der Waals surface area contributed by atoms with Crippen molar-refractivity contribution in [3.8, 4) is 0 Å². The zero-order chi connectivity index (χ0) is 22.2. The highest BCUT2D eigenvalue weighted by Gasteiger charge is 2.24. The van der Waals surface area contributed by atoms with Gasteiger partial charge in [0.1, 0.15) is 18.2 Å². The van der Waals surface area contributed by atoms with E-state index in [0.717, 1.165) is 88.8 Å². The number of nitrogens with one attached hydrogen (secondary N) is 2. The van der Waals surface area contributed by atoms with Crippen LogP contribution in [0.4, 0.5) is 5.82 Å². The second kappa shape index (κ2) is 13.0. The van der Waals surface area contributed by atoms with Crippen LogP contribution in [0, 0.1) is 6.92 Å². The van der Waals surface area contributed by atoms with Crippen molar-refractivity contribution in [1.29, 1.82) is 0 Å². The van der Waals surface area contributed by atoms with Gasteiger partial charge in [-0.3, -0.25) is 4.90 Å². The number of aryl methyl sites for hydroxylation is 1. The van der Waals surface area contributed by atoms with Gasteiger partial charge in [0.2, 0.25) is 0 Å². The summed E-state index contributed by atoms with van der Waals surface area (Å²) in [6.07, 6.45) is 3.96. The molecule has 4 rings (SSSR count). The highest BCUT2D eigenvalue weighted by Crippen LogP contribution is 2.17. The van der Waals surface area contributed by atoms with Crippen LogP contribution in [0.3, 0.4) is 0 Å². The van der Waals surface area contributed by atoms with E-state index in [2.05, 4.69) is 41.7 Å². The molecule has 2 fully saturated rings. The number of pyridine rings is 1. The Kier molecular flexibility index (Phi) is 10.1. The minimum atomic E-state index is 0. The third-order valence-electron chi connectivity index (χ3n) is 6.11. The molecule has 0 aliphatic carbocycles. The first kappa shape index (κ1) is 25.6. The molecule has 1 atom stereocenters. The SMILES string of the molecule is Cc1nnc(CN=C(NCCCN2CCOCC2)NC2CCN(c3ccccn3)C2)n1C.I. The van der Waals surface area contributed by atoms with Gasteiger partial charge in [0, 0.05) is 52.0 Å². The fourth-order valence-corrected chi connectivity index (χ4v) is 4.05. The molecule has 0 amide bonds. The van der Waals surface area contributed by atoms with Gasteiger partial charge < -0.3 is 24.8 Å². The van der Waals surface area contributed by atoms with Gasteiger partial charge in [0.25, 0.3) is 0 Å². The Balaban J connectivity index is 0.00000306. The van der Waals surface area contributed by atoms with Gasteiger partial charge in [-0.1, -0.05) is 6.07 Å². The highest BCUT2D eigenvalue weighted by molar-refractivity contribution is 14.0. The Morgan fingerprint density at radius 3 is 2.79 bits per heavy atom. The third kappa shape index (κ3) is 7.51. The van der Waals surface area contributed by atoms with Gasteiger partial charge in [-0.05, 0) is 38.4 Å². The molecule has 2 aliphatic heterocycles. The number of rotatable bonds is 8. The van der Waals surface area contributed by atoms with Crippen LogP contribution in [0.15, 0.2) is 29.4 Å². The fraction of sp³-hybridized carbons (Fsp3) is 0.636. The number of hydrogen-bond acceptors (Lipinski definition) is 7. The van der Waals surface area contributed by atoms with Crippen LogP contribution in [-0.2, 0) is 18.3 Å². The molecule has 2 aliphatic rings. The van der Waals surface area contributed by atoms with E-state index in [0.29, 0.717) is 12.6 Å². The third-order valence-corrected chi connectivity index (χ3v) is 6.11. The fourth-order valence-electron chi connectivity index (χ4n) is 4.05. The number of morpholine rings is 1. The first-order valence-electron chi connectivity index (χ1n) is 11.5. The average Bonchev–Trinajstić information content (AvgIpc) is 3.43. The summed E-state index contributed by atoms with van der Waals surface area (Å²) in [7, 11) is 1.98. The van der Waals surface area contributed by atoms with Crippen molar-refractivity contribution in [3.05, 3.63) is 36.0 Å². The predicted molar refractivity (Wildman–Crippen MR) is 140 cm³/mol. The van der Waals surface area contributed by atoms with Gasteiger partial charge in [-0.25, -0.2) is 9.98 Å². The molecule has 2 aromatic rings. The molecule has 0 aromatic carbocycles. The summed E-state index contributed by atoms with van der Waals surface area (Å²) in [5.41, 5.74) is 0. The number of aliphatic imine (C=N–C) groups is 1. The molecular weight excluding hydrogens is 533 g/mol. The predicted octanol–water partition coefficient (Wildman–Crippen LogP) is 1.17. The summed E-state index contributed by atoms with van der Waals surface area (Å²) in [4.78, 5) is 14.1. The first-order valence-corrected chi connectivity index (χ1v) is 11.5. The summed E-state index contributed by atoms with van der Waals surface area (Å²) >= 11 is 0. The first-order chi connectivity index (χ1) is 15.7. The molecule has 4 heterocycles. The number of guanidine groups is 1. The molecule has 2 saturated heterocycles. The molecule has 10 nitrogen and oxygen atoms in total. The van der Waals surface area contributed by atoms with Crippen molar-refractivity contribution >= 4 is 35.8 Å². The van der Waals surface area contributed by atoms with Crippen molar-refractivity contribution in [1.82, 2.24) is 35.3 Å². The van der Waals surface area contributed by atoms with Gasteiger partial charge in [0.05, 0.1) is 13.2 Å². The number of nitrogens with zero attached hydrogens (tertiary/aromatic N) is 7. The Hall–Kier alpha value is -1.99. The largest absolute Gasteiger partial charge is 0.379 e. The van der Waals surface area contributed by atoms with Gasteiger partial charge in [-0.2, -0.15) is 0 Å². The maximum absolute atomic E-state index is 5.44. The summed E-state index contributed by atoms with van der Waals surface area (Å²) in [6.45, 7) is 10.0. The average molecular weight is 569 g/mol. The number of ether oxygens (including phenoxy) is 1. The van der Waals surface area contributed by atoms with E-state index in [1.165, 1.54) is 0 Å². The van der Waals surface area contributed by atoms with E-state index < -0.39 is 0 Å². The smallest absolute Gasteiger partial charge is 0.191 e. The molecule has 0 spiro atoms. The van der Waals surface area contributed by atoms with Crippen molar-refractivity contribution < 1.29 is 4.74 Å². The number of hydrogen-bond donors (Lipinski definition) is 2. The number of aromatic nitrogens is 4. The van der Waals surface area contributed by atoms with Crippen LogP contribution in [-0.4, -0.2) is 89.1 Å². The summed E-state index contributed by atoms with van der Waals surface area (Å²) < 4.78 is 7.42. The van der Waals surface area contributed by atoms with Crippen molar-refractivity contribution in [2.24, 2.45) is 12.0 Å². The summed E-state index contributed by atoms with van der Waals surface area (Å²) in [5.74, 6) is 3.62. The molecule has 1 unspecified atom stereocenters. The molecule has 0 saturated carbocycles. The van der Waals surface area contributed by atoms with Crippen LogP contribution >= 0.6 is 24.0 Å². The topological polar surface area (TPSA) is 95.7 Å². The number of anilines is 1. The Bertz CT molecular complexity index is 870. The van der Waals surface area contributed by atoms with Crippen LogP contribution in [0.25, 0.3) is 0 Å².